The summed E-state index contributed by atoms with van der Waals surface area (Å²) in [5.41, 5.74) is -0.240. The first-order chi connectivity index (χ1) is 6.19. The van der Waals surface area contributed by atoms with E-state index in [1.165, 1.54) is 19.2 Å². The van der Waals surface area contributed by atoms with Crippen molar-refractivity contribution in [3.8, 4) is 5.75 Å². The Bertz CT molecular complexity index is 350. The number of ether oxygens (including phenoxy) is 1. The zero-order valence-corrected chi connectivity index (χ0v) is 6.72. The maximum atomic E-state index is 10.4. The number of carboxylic acid groups (broad SMARTS) is 1. The third-order valence-electron chi connectivity index (χ3n) is 1.36. The molecule has 6 heteroatoms. The second kappa shape index (κ2) is 3.61. The summed E-state index contributed by atoms with van der Waals surface area (Å²) in [6.45, 7) is 0. The van der Waals surface area contributed by atoms with Gasteiger partial charge in [-0.3, -0.25) is 0 Å². The van der Waals surface area contributed by atoms with Gasteiger partial charge in [0.2, 0.25) is 5.82 Å². The van der Waals surface area contributed by atoms with Gasteiger partial charge in [0, 0.05) is 0 Å². The van der Waals surface area contributed by atoms with E-state index in [9.17, 15) is 9.70 Å². The zero-order chi connectivity index (χ0) is 9.84. The van der Waals surface area contributed by atoms with Crippen LogP contribution in [-0.4, -0.2) is 23.2 Å². The molecule has 0 radical (unpaired) electrons. The monoisotopic (exact) mass is 182 g/mol. The van der Waals surface area contributed by atoms with Gasteiger partial charge in [-0.15, -0.1) is 4.91 Å². The summed E-state index contributed by atoms with van der Waals surface area (Å²) < 4.78 is 4.72. The second-order valence-corrected chi connectivity index (χ2v) is 2.12. The van der Waals surface area contributed by atoms with Crippen LogP contribution in [-0.2, 0) is 0 Å². The number of hydrogen-bond acceptors (Lipinski definition) is 5. The molecular formula is C7H6N2O4. The first-order valence-corrected chi connectivity index (χ1v) is 3.30. The van der Waals surface area contributed by atoms with Crippen molar-refractivity contribution in [2.75, 3.05) is 7.11 Å². The number of aromatic carboxylic acids is 1. The number of nitrogens with zero attached hydrogens (tertiary/aromatic N) is 2. The Morgan fingerprint density at radius 1 is 1.62 bits per heavy atom. The maximum Gasteiger partial charge on any atom is 0.354 e. The lowest BCUT2D eigenvalue weighted by atomic mass is 10.3. The van der Waals surface area contributed by atoms with Crippen molar-refractivity contribution in [3.05, 3.63) is 22.7 Å². The molecule has 0 unspecified atom stereocenters. The minimum absolute atomic E-state index is 0.153. The van der Waals surface area contributed by atoms with Crippen molar-refractivity contribution in [3.63, 3.8) is 0 Å². The number of methoxy groups -OCH3 is 1. The molecule has 0 amide bonds. The van der Waals surface area contributed by atoms with E-state index in [0.29, 0.717) is 0 Å². The van der Waals surface area contributed by atoms with Gasteiger partial charge in [0.25, 0.3) is 0 Å². The normalized spacial score (nSPS) is 9.31. The van der Waals surface area contributed by atoms with Crippen LogP contribution in [0.25, 0.3) is 0 Å². The average Bonchev–Trinajstić information content (AvgIpc) is 2.16. The maximum absolute atomic E-state index is 10.4. The van der Waals surface area contributed by atoms with E-state index < -0.39 is 5.97 Å². The van der Waals surface area contributed by atoms with E-state index in [-0.39, 0.29) is 17.3 Å². The van der Waals surface area contributed by atoms with Crippen molar-refractivity contribution in [1.29, 1.82) is 0 Å². The number of nitroso groups, excluding NO2 is 1. The van der Waals surface area contributed by atoms with Gasteiger partial charge in [-0.05, 0) is 17.3 Å². The molecule has 0 spiro atoms. The van der Waals surface area contributed by atoms with Gasteiger partial charge >= 0.3 is 5.97 Å². The van der Waals surface area contributed by atoms with E-state index >= 15 is 0 Å². The van der Waals surface area contributed by atoms with Gasteiger partial charge < -0.3 is 9.84 Å². The Morgan fingerprint density at radius 3 is 2.77 bits per heavy atom. The smallest absolute Gasteiger partial charge is 0.354 e. The molecule has 6 nitrogen and oxygen atoms in total. The summed E-state index contributed by atoms with van der Waals surface area (Å²) in [4.78, 5) is 24.1. The van der Waals surface area contributed by atoms with Gasteiger partial charge in [0.05, 0.1) is 7.11 Å². The molecule has 1 rings (SSSR count). The molecule has 0 aliphatic heterocycles. The van der Waals surface area contributed by atoms with Crippen molar-refractivity contribution in [1.82, 2.24) is 4.98 Å². The van der Waals surface area contributed by atoms with Gasteiger partial charge in [-0.25, -0.2) is 9.78 Å². The van der Waals surface area contributed by atoms with Crippen molar-refractivity contribution >= 4 is 11.8 Å². The highest BCUT2D eigenvalue weighted by Crippen LogP contribution is 2.24. The summed E-state index contributed by atoms with van der Waals surface area (Å²) in [6, 6.07) is 2.56. The van der Waals surface area contributed by atoms with Crippen LogP contribution in [0.5, 0.6) is 5.75 Å². The molecule has 0 atom stereocenters. The molecule has 1 heterocycles. The molecular weight excluding hydrogens is 176 g/mol. The molecule has 0 aromatic carbocycles. The lowest BCUT2D eigenvalue weighted by molar-refractivity contribution is 0.0690. The number of rotatable bonds is 3. The molecule has 0 saturated heterocycles. The second-order valence-electron chi connectivity index (χ2n) is 2.12. The molecule has 0 aliphatic carbocycles. The van der Waals surface area contributed by atoms with E-state index in [4.69, 9.17) is 9.84 Å². The molecule has 0 saturated carbocycles. The fourth-order valence-electron chi connectivity index (χ4n) is 0.779. The predicted molar refractivity (Wildman–Crippen MR) is 43.2 cm³/mol. The third-order valence-corrected chi connectivity index (χ3v) is 1.36. The molecule has 1 N–H and O–H groups in total. The lowest BCUT2D eigenvalue weighted by Crippen LogP contribution is -2.00. The van der Waals surface area contributed by atoms with Crippen LogP contribution < -0.4 is 4.74 Å². The van der Waals surface area contributed by atoms with Crippen LogP contribution in [0, 0.1) is 4.91 Å². The first-order valence-electron chi connectivity index (χ1n) is 3.30. The molecule has 13 heavy (non-hydrogen) atoms. The molecule has 1 aromatic heterocycles. The SMILES string of the molecule is COc1ccc(C(=O)O)nc1N=O. The van der Waals surface area contributed by atoms with E-state index in [2.05, 4.69) is 10.2 Å². The Labute approximate surface area is 73.1 Å². The molecule has 0 bridgehead atoms. The van der Waals surface area contributed by atoms with E-state index in [0.717, 1.165) is 0 Å². The topological polar surface area (TPSA) is 88.8 Å². The van der Waals surface area contributed by atoms with Crippen LogP contribution >= 0.6 is 0 Å². The summed E-state index contributed by atoms with van der Waals surface area (Å²) >= 11 is 0. The fourth-order valence-corrected chi connectivity index (χ4v) is 0.779. The molecule has 0 fully saturated rings. The quantitative estimate of drug-likeness (QED) is 0.709. The van der Waals surface area contributed by atoms with Crippen LogP contribution in [0.4, 0.5) is 5.82 Å². The van der Waals surface area contributed by atoms with Crippen molar-refractivity contribution < 1.29 is 14.6 Å². The van der Waals surface area contributed by atoms with E-state index in [1.54, 1.807) is 0 Å². The number of carbonyl (C=O) groups is 1. The minimum Gasteiger partial charge on any atom is -0.493 e. The Balaban J connectivity index is 3.20. The zero-order valence-electron chi connectivity index (χ0n) is 6.72. The van der Waals surface area contributed by atoms with Gasteiger partial charge in [0.1, 0.15) is 0 Å². The summed E-state index contributed by atoms with van der Waals surface area (Å²) in [5, 5.41) is 11.1. The number of aromatic nitrogens is 1. The van der Waals surface area contributed by atoms with Crippen LogP contribution in [0.2, 0.25) is 0 Å². The highest BCUT2D eigenvalue weighted by molar-refractivity contribution is 5.86. The van der Waals surface area contributed by atoms with Crippen LogP contribution in [0.3, 0.4) is 0 Å². The molecule has 68 valence electrons. The average molecular weight is 182 g/mol. The minimum atomic E-state index is -1.22. The lowest BCUT2D eigenvalue weighted by Gasteiger charge is -2.00. The first kappa shape index (κ1) is 9.11. The molecule has 1 aromatic rings. The van der Waals surface area contributed by atoms with Crippen LogP contribution in [0.1, 0.15) is 10.5 Å². The highest BCUT2D eigenvalue weighted by atomic mass is 16.5. The number of pyridine rings is 1. The van der Waals surface area contributed by atoms with Crippen molar-refractivity contribution in [2.45, 2.75) is 0 Å². The number of hydrogen-bond donors (Lipinski definition) is 1. The molecule has 0 aliphatic rings. The predicted octanol–water partition coefficient (Wildman–Crippen LogP) is 1.19. The fraction of sp³-hybridized carbons (Fsp3) is 0.143. The Kier molecular flexibility index (Phi) is 2.53. The summed E-state index contributed by atoms with van der Waals surface area (Å²) in [6.07, 6.45) is 0. The summed E-state index contributed by atoms with van der Waals surface area (Å²) in [7, 11) is 1.34. The van der Waals surface area contributed by atoms with Crippen LogP contribution in [0.15, 0.2) is 17.3 Å². The van der Waals surface area contributed by atoms with Crippen molar-refractivity contribution in [2.24, 2.45) is 5.18 Å². The van der Waals surface area contributed by atoms with E-state index in [1.807, 2.05) is 0 Å². The standard InChI is InChI=1S/C7H6N2O4/c1-13-5-3-2-4(7(10)11)8-6(5)9-12/h2-3H,1H3,(H,10,11). The van der Waals surface area contributed by atoms with Gasteiger partial charge in [-0.1, -0.05) is 0 Å². The Morgan fingerprint density at radius 2 is 2.31 bits per heavy atom. The van der Waals surface area contributed by atoms with Gasteiger partial charge in [-0.2, -0.15) is 0 Å². The largest absolute Gasteiger partial charge is 0.493 e. The highest BCUT2D eigenvalue weighted by Gasteiger charge is 2.10. The summed E-state index contributed by atoms with van der Waals surface area (Å²) in [5.74, 6) is -1.32. The van der Waals surface area contributed by atoms with Gasteiger partial charge in [0.15, 0.2) is 11.4 Å². The Hall–Kier alpha value is -1.98. The number of carboxylic acids is 1. The third kappa shape index (κ3) is 1.78.